The Hall–Kier alpha value is -3.74. The number of nitrogens with zero attached hydrogens (tertiary/aromatic N) is 5. The van der Waals surface area contributed by atoms with Crippen molar-refractivity contribution in [1.82, 2.24) is 20.0 Å². The first-order valence-corrected chi connectivity index (χ1v) is 12.4. The molecule has 1 aromatic heterocycles. The lowest BCUT2D eigenvalue weighted by Gasteiger charge is -2.36. The summed E-state index contributed by atoms with van der Waals surface area (Å²) in [6.45, 7) is 5.34. The van der Waals surface area contributed by atoms with Gasteiger partial charge in [-0.1, -0.05) is 48.5 Å². The van der Waals surface area contributed by atoms with Crippen molar-refractivity contribution in [2.75, 3.05) is 44.2 Å². The highest BCUT2D eigenvalue weighted by Gasteiger charge is 2.31. The van der Waals surface area contributed by atoms with Gasteiger partial charge in [-0.05, 0) is 49.4 Å². The van der Waals surface area contributed by atoms with E-state index >= 15 is 0 Å². The van der Waals surface area contributed by atoms with E-state index in [1.54, 1.807) is 4.90 Å². The zero-order valence-corrected chi connectivity index (χ0v) is 20.1. The van der Waals surface area contributed by atoms with Crippen LogP contribution in [0.1, 0.15) is 28.8 Å². The van der Waals surface area contributed by atoms with Gasteiger partial charge in [0.05, 0.1) is 5.69 Å². The maximum absolute atomic E-state index is 13.2. The number of rotatable bonds is 7. The van der Waals surface area contributed by atoms with Gasteiger partial charge in [-0.25, -0.2) is 0 Å². The molecule has 35 heavy (non-hydrogen) atoms. The molecule has 2 heterocycles. The highest BCUT2D eigenvalue weighted by molar-refractivity contribution is 5.97. The third-order valence-corrected chi connectivity index (χ3v) is 6.84. The maximum Gasteiger partial charge on any atom is 0.254 e. The number of benzene rings is 2. The molecule has 0 bridgehead atoms. The van der Waals surface area contributed by atoms with Crippen molar-refractivity contribution in [2.24, 2.45) is 5.92 Å². The van der Waals surface area contributed by atoms with Gasteiger partial charge in [0.15, 0.2) is 5.82 Å². The van der Waals surface area contributed by atoms with Crippen molar-refractivity contribution in [1.29, 1.82) is 0 Å². The van der Waals surface area contributed by atoms with Crippen LogP contribution in [0.3, 0.4) is 0 Å². The van der Waals surface area contributed by atoms with Crippen LogP contribution in [0.2, 0.25) is 0 Å². The minimum Gasteiger partial charge on any atom is -0.352 e. The zero-order chi connectivity index (χ0) is 24.2. The van der Waals surface area contributed by atoms with Crippen molar-refractivity contribution in [3.8, 4) is 11.3 Å². The smallest absolute Gasteiger partial charge is 0.254 e. The Bertz CT molecular complexity index is 1170. The highest BCUT2D eigenvalue weighted by Crippen LogP contribution is 2.30. The lowest BCUT2D eigenvalue weighted by atomic mass is 10.1. The van der Waals surface area contributed by atoms with E-state index in [9.17, 15) is 9.59 Å². The fourth-order valence-corrected chi connectivity index (χ4v) is 4.52. The second kappa shape index (κ2) is 10.3. The predicted octanol–water partition coefficient (Wildman–Crippen LogP) is 3.65. The summed E-state index contributed by atoms with van der Waals surface area (Å²) in [7, 11) is 0. The monoisotopic (exact) mass is 469 g/mol. The van der Waals surface area contributed by atoms with Gasteiger partial charge < -0.3 is 14.7 Å². The van der Waals surface area contributed by atoms with Crippen LogP contribution in [0.15, 0.2) is 66.7 Å². The Morgan fingerprint density at radius 3 is 2.26 bits per heavy atom. The summed E-state index contributed by atoms with van der Waals surface area (Å²) in [6.07, 6.45) is 2.27. The number of anilines is 1. The van der Waals surface area contributed by atoms with Crippen LogP contribution in [0.25, 0.3) is 11.3 Å². The third kappa shape index (κ3) is 5.50. The normalized spacial score (nSPS) is 15.7. The first kappa shape index (κ1) is 23.0. The molecule has 2 aromatic carbocycles. The molecule has 180 valence electrons. The second-order valence-corrected chi connectivity index (χ2v) is 9.45. The predicted molar refractivity (Wildman–Crippen MR) is 136 cm³/mol. The zero-order valence-electron chi connectivity index (χ0n) is 20.1. The second-order valence-electron chi connectivity index (χ2n) is 9.45. The Balaban J connectivity index is 1.19. The minimum atomic E-state index is -0.0456. The quantitative estimate of drug-likeness (QED) is 0.528. The number of hydrogen-bond donors (Lipinski definition) is 0. The molecule has 2 aliphatic rings. The summed E-state index contributed by atoms with van der Waals surface area (Å²) < 4.78 is 0. The van der Waals surface area contributed by atoms with Crippen molar-refractivity contribution < 1.29 is 9.59 Å². The highest BCUT2D eigenvalue weighted by atomic mass is 16.2. The van der Waals surface area contributed by atoms with E-state index in [1.165, 1.54) is 0 Å². The molecule has 7 heteroatoms. The minimum absolute atomic E-state index is 0.0118. The van der Waals surface area contributed by atoms with E-state index in [1.807, 2.05) is 78.6 Å². The van der Waals surface area contributed by atoms with Crippen molar-refractivity contribution in [3.63, 3.8) is 0 Å². The first-order valence-electron chi connectivity index (χ1n) is 12.4. The van der Waals surface area contributed by atoms with E-state index in [2.05, 4.69) is 15.1 Å². The fraction of sp³-hybridized carbons (Fsp3) is 0.357. The summed E-state index contributed by atoms with van der Waals surface area (Å²) in [5.74, 6) is 1.31. The number of aromatic nitrogens is 2. The van der Waals surface area contributed by atoms with Gasteiger partial charge in [0, 0.05) is 43.9 Å². The van der Waals surface area contributed by atoms with Crippen LogP contribution in [0.4, 0.5) is 5.82 Å². The van der Waals surface area contributed by atoms with Gasteiger partial charge >= 0.3 is 0 Å². The Labute approximate surface area is 206 Å². The average molecular weight is 470 g/mol. The summed E-state index contributed by atoms with van der Waals surface area (Å²) in [5, 5.41) is 8.81. The van der Waals surface area contributed by atoms with Gasteiger partial charge in [-0.2, -0.15) is 0 Å². The average Bonchev–Trinajstić information content (AvgIpc) is 3.73. The molecule has 2 amide bonds. The lowest BCUT2D eigenvalue weighted by Crippen LogP contribution is -2.52. The molecule has 2 fully saturated rings. The third-order valence-electron chi connectivity index (χ3n) is 6.84. The molecular formula is C28H31N5O2. The molecule has 0 spiro atoms. The number of hydrogen-bond acceptors (Lipinski definition) is 5. The number of aryl methyl sites for hydroxylation is 1. The van der Waals surface area contributed by atoms with Crippen LogP contribution < -0.4 is 4.90 Å². The number of piperazine rings is 1. The Kier molecular flexibility index (Phi) is 6.75. The van der Waals surface area contributed by atoms with E-state index in [-0.39, 0.29) is 18.4 Å². The molecule has 1 saturated carbocycles. The number of amides is 2. The molecule has 0 unspecified atom stereocenters. The molecule has 0 atom stereocenters. The summed E-state index contributed by atoms with van der Waals surface area (Å²) in [4.78, 5) is 32.2. The molecule has 1 aliphatic heterocycles. The van der Waals surface area contributed by atoms with Gasteiger partial charge in [0.2, 0.25) is 5.91 Å². The van der Waals surface area contributed by atoms with Crippen LogP contribution in [-0.2, 0) is 4.79 Å². The Morgan fingerprint density at radius 2 is 1.60 bits per heavy atom. The van der Waals surface area contributed by atoms with Gasteiger partial charge in [0.1, 0.15) is 6.54 Å². The van der Waals surface area contributed by atoms with Crippen LogP contribution in [0, 0.1) is 12.8 Å². The topological polar surface area (TPSA) is 69.6 Å². The number of carbonyl (C=O) groups is 2. The number of carbonyl (C=O) groups excluding carboxylic acids is 2. The Morgan fingerprint density at radius 1 is 0.886 bits per heavy atom. The maximum atomic E-state index is 13.2. The van der Waals surface area contributed by atoms with Crippen LogP contribution in [-0.4, -0.2) is 71.1 Å². The lowest BCUT2D eigenvalue weighted by molar-refractivity contribution is -0.132. The van der Waals surface area contributed by atoms with Crippen LogP contribution >= 0.6 is 0 Å². The summed E-state index contributed by atoms with van der Waals surface area (Å²) >= 11 is 0. The summed E-state index contributed by atoms with van der Waals surface area (Å²) in [6, 6.07) is 21.6. The van der Waals surface area contributed by atoms with Crippen LogP contribution in [0.5, 0.6) is 0 Å². The van der Waals surface area contributed by atoms with Gasteiger partial charge in [0.25, 0.3) is 5.91 Å². The molecule has 1 saturated heterocycles. The first-order chi connectivity index (χ1) is 17.1. The molecule has 7 nitrogen and oxygen atoms in total. The van der Waals surface area contributed by atoms with E-state index < -0.39 is 0 Å². The molecule has 5 rings (SSSR count). The van der Waals surface area contributed by atoms with Crippen molar-refractivity contribution >= 4 is 17.6 Å². The molecule has 0 radical (unpaired) electrons. The molecule has 0 N–H and O–H groups in total. The fourth-order valence-electron chi connectivity index (χ4n) is 4.52. The van der Waals surface area contributed by atoms with Gasteiger partial charge in [-0.3, -0.25) is 9.59 Å². The van der Waals surface area contributed by atoms with Crippen molar-refractivity contribution in [2.45, 2.75) is 19.8 Å². The molecule has 1 aliphatic carbocycles. The standard InChI is InChI=1S/C28H31N5O2/c1-21-7-5-6-10-24(21)28(35)33(19-22-11-12-22)20-27(34)32-17-15-31(16-18-32)26-14-13-25(29-30-26)23-8-3-2-4-9-23/h2-10,13-14,22H,11-12,15-20H2,1H3. The molecule has 3 aromatic rings. The van der Waals surface area contributed by atoms with E-state index in [0.717, 1.165) is 35.5 Å². The summed E-state index contributed by atoms with van der Waals surface area (Å²) in [5.41, 5.74) is 3.51. The molecular weight excluding hydrogens is 438 g/mol. The largest absolute Gasteiger partial charge is 0.352 e. The van der Waals surface area contributed by atoms with E-state index in [4.69, 9.17) is 0 Å². The van der Waals surface area contributed by atoms with Gasteiger partial charge in [-0.15, -0.1) is 10.2 Å². The van der Waals surface area contributed by atoms with Crippen molar-refractivity contribution in [3.05, 3.63) is 77.9 Å². The van der Waals surface area contributed by atoms with E-state index in [0.29, 0.717) is 44.2 Å². The SMILES string of the molecule is Cc1ccccc1C(=O)N(CC(=O)N1CCN(c2ccc(-c3ccccc3)nn2)CC1)CC1CC1.